The van der Waals surface area contributed by atoms with E-state index in [2.05, 4.69) is 0 Å². The summed E-state index contributed by atoms with van der Waals surface area (Å²) in [5, 5.41) is 8.40. The van der Waals surface area contributed by atoms with Gasteiger partial charge < -0.3 is 5.11 Å². The Morgan fingerprint density at radius 1 is 1.50 bits per heavy atom. The number of halogens is 1. The number of allylic oxidation sites excluding steroid dienone is 3. The molecule has 1 N–H and O–H groups in total. The second-order valence-corrected chi connectivity index (χ2v) is 2.09. The van der Waals surface area contributed by atoms with E-state index in [9.17, 15) is 9.18 Å². The van der Waals surface area contributed by atoms with Crippen molar-refractivity contribution >= 4 is 5.97 Å². The fourth-order valence-corrected chi connectivity index (χ4v) is 0.783. The minimum atomic E-state index is -0.955. The molecule has 0 atom stereocenters. The van der Waals surface area contributed by atoms with Crippen LogP contribution < -0.4 is 0 Å². The van der Waals surface area contributed by atoms with Gasteiger partial charge in [-0.3, -0.25) is 0 Å². The monoisotopic (exact) mass is 142 g/mol. The Morgan fingerprint density at radius 3 is 2.60 bits per heavy atom. The predicted molar refractivity (Wildman–Crippen MR) is 34.1 cm³/mol. The van der Waals surface area contributed by atoms with E-state index in [4.69, 9.17) is 5.11 Å². The molecule has 0 bridgehead atoms. The molecule has 0 unspecified atom stereocenters. The van der Waals surface area contributed by atoms with Gasteiger partial charge in [-0.2, -0.15) is 0 Å². The molecule has 1 rings (SSSR count). The standard InChI is InChI=1S/C7H7FO2/c8-6-3-1-5(2-4-6)7(9)10/h1,4H,2-3H2,(H,9,10). The molecule has 1 aliphatic rings. The highest BCUT2D eigenvalue weighted by molar-refractivity contribution is 5.87. The van der Waals surface area contributed by atoms with Gasteiger partial charge in [-0.05, 0) is 12.5 Å². The minimum Gasteiger partial charge on any atom is -0.478 e. The van der Waals surface area contributed by atoms with Crippen LogP contribution in [0.25, 0.3) is 0 Å². The van der Waals surface area contributed by atoms with Crippen molar-refractivity contribution in [3.63, 3.8) is 0 Å². The van der Waals surface area contributed by atoms with Crippen LogP contribution in [-0.4, -0.2) is 11.1 Å². The van der Waals surface area contributed by atoms with Crippen molar-refractivity contribution in [2.75, 3.05) is 0 Å². The Hall–Kier alpha value is -1.12. The Labute approximate surface area is 57.7 Å². The van der Waals surface area contributed by atoms with Crippen molar-refractivity contribution in [1.82, 2.24) is 0 Å². The maximum Gasteiger partial charge on any atom is 0.331 e. The van der Waals surface area contributed by atoms with Crippen LogP contribution in [0.5, 0.6) is 0 Å². The molecule has 2 nitrogen and oxygen atoms in total. The Bertz CT molecular complexity index is 216. The molecule has 0 fully saturated rings. The molecular formula is C7H7FO2. The van der Waals surface area contributed by atoms with E-state index in [1.165, 1.54) is 12.2 Å². The second kappa shape index (κ2) is 2.64. The van der Waals surface area contributed by atoms with Gasteiger partial charge in [0.2, 0.25) is 0 Å². The molecule has 0 aromatic carbocycles. The minimum absolute atomic E-state index is 0.127. The lowest BCUT2D eigenvalue weighted by Gasteiger charge is -2.03. The van der Waals surface area contributed by atoms with Gasteiger partial charge in [-0.15, -0.1) is 0 Å². The number of hydrogen-bond acceptors (Lipinski definition) is 1. The van der Waals surface area contributed by atoms with Crippen molar-refractivity contribution in [3.8, 4) is 0 Å². The van der Waals surface area contributed by atoms with Crippen LogP contribution in [0.4, 0.5) is 4.39 Å². The lowest BCUT2D eigenvalue weighted by molar-refractivity contribution is -0.132. The summed E-state index contributed by atoms with van der Waals surface area (Å²) in [6.07, 6.45) is 3.03. The third kappa shape index (κ3) is 1.43. The molecule has 0 amide bonds. The van der Waals surface area contributed by atoms with E-state index in [0.717, 1.165) is 0 Å². The number of hydrogen-bond donors (Lipinski definition) is 1. The average molecular weight is 142 g/mol. The Kier molecular flexibility index (Phi) is 1.85. The topological polar surface area (TPSA) is 37.3 Å². The molecule has 0 saturated heterocycles. The Morgan fingerprint density at radius 2 is 2.20 bits per heavy atom. The first kappa shape index (κ1) is 6.99. The summed E-state index contributed by atoms with van der Waals surface area (Å²) in [5.74, 6) is -1.20. The van der Waals surface area contributed by atoms with Crippen molar-refractivity contribution in [2.24, 2.45) is 0 Å². The number of rotatable bonds is 1. The molecule has 0 heterocycles. The molecular weight excluding hydrogens is 135 g/mol. The van der Waals surface area contributed by atoms with Crippen LogP contribution in [0.2, 0.25) is 0 Å². The largest absolute Gasteiger partial charge is 0.478 e. The first-order chi connectivity index (χ1) is 4.70. The van der Waals surface area contributed by atoms with Crippen LogP contribution in [-0.2, 0) is 4.79 Å². The van der Waals surface area contributed by atoms with Crippen LogP contribution in [0.3, 0.4) is 0 Å². The fraction of sp³-hybridized carbons (Fsp3) is 0.286. The van der Waals surface area contributed by atoms with Crippen LogP contribution in [0, 0.1) is 0 Å². The van der Waals surface area contributed by atoms with Crippen LogP contribution >= 0.6 is 0 Å². The molecule has 0 radical (unpaired) electrons. The summed E-state index contributed by atoms with van der Waals surface area (Å²) >= 11 is 0. The average Bonchev–Trinajstić information content (AvgIpc) is 1.88. The second-order valence-electron chi connectivity index (χ2n) is 2.09. The summed E-state index contributed by atoms with van der Waals surface area (Å²) in [5.41, 5.74) is 0.279. The van der Waals surface area contributed by atoms with Crippen molar-refractivity contribution in [2.45, 2.75) is 12.8 Å². The number of carboxylic acid groups (broad SMARTS) is 1. The van der Waals surface area contributed by atoms with Gasteiger partial charge in [0.1, 0.15) is 5.83 Å². The molecule has 10 heavy (non-hydrogen) atoms. The molecule has 0 saturated carbocycles. The summed E-state index contributed by atoms with van der Waals surface area (Å²) in [6.45, 7) is 0. The predicted octanol–water partition coefficient (Wildman–Crippen LogP) is 1.64. The van der Waals surface area contributed by atoms with Crippen LogP contribution in [0.15, 0.2) is 23.6 Å². The first-order valence-corrected chi connectivity index (χ1v) is 2.97. The van der Waals surface area contributed by atoms with Gasteiger partial charge in [0.15, 0.2) is 0 Å². The lowest BCUT2D eigenvalue weighted by atomic mass is 10.1. The normalized spacial score (nSPS) is 17.7. The zero-order valence-corrected chi connectivity index (χ0v) is 5.30. The molecule has 0 aromatic rings. The van der Waals surface area contributed by atoms with Gasteiger partial charge in [-0.1, -0.05) is 6.08 Å². The summed E-state index contributed by atoms with van der Waals surface area (Å²) in [6, 6.07) is 0. The molecule has 0 aliphatic heterocycles. The number of aliphatic carboxylic acids is 1. The fourth-order valence-electron chi connectivity index (χ4n) is 0.783. The van der Waals surface area contributed by atoms with E-state index in [0.29, 0.717) is 0 Å². The summed E-state index contributed by atoms with van der Waals surface area (Å²) in [4.78, 5) is 10.2. The van der Waals surface area contributed by atoms with Crippen molar-refractivity contribution < 1.29 is 14.3 Å². The summed E-state index contributed by atoms with van der Waals surface area (Å²) in [7, 11) is 0. The molecule has 3 heteroatoms. The molecule has 1 aliphatic carbocycles. The van der Waals surface area contributed by atoms with Gasteiger partial charge in [0.05, 0.1) is 0 Å². The van der Waals surface area contributed by atoms with Crippen LogP contribution in [0.1, 0.15) is 12.8 Å². The van der Waals surface area contributed by atoms with Crippen molar-refractivity contribution in [1.29, 1.82) is 0 Å². The smallest absolute Gasteiger partial charge is 0.331 e. The van der Waals surface area contributed by atoms with Gasteiger partial charge >= 0.3 is 5.97 Å². The number of carboxylic acids is 1. The van der Waals surface area contributed by atoms with E-state index in [-0.39, 0.29) is 24.2 Å². The summed E-state index contributed by atoms with van der Waals surface area (Å²) < 4.78 is 12.2. The molecule has 54 valence electrons. The molecule has 0 spiro atoms. The number of carbonyl (C=O) groups is 1. The van der Waals surface area contributed by atoms with E-state index in [1.54, 1.807) is 0 Å². The maximum atomic E-state index is 12.2. The SMILES string of the molecule is O=C(O)C1=CCC(F)=CC1. The zero-order valence-electron chi connectivity index (χ0n) is 5.30. The third-order valence-corrected chi connectivity index (χ3v) is 1.36. The third-order valence-electron chi connectivity index (χ3n) is 1.36. The lowest BCUT2D eigenvalue weighted by Crippen LogP contribution is -2.01. The maximum absolute atomic E-state index is 12.2. The highest BCUT2D eigenvalue weighted by Gasteiger charge is 2.09. The highest BCUT2D eigenvalue weighted by Crippen LogP contribution is 2.17. The zero-order chi connectivity index (χ0) is 7.56. The first-order valence-electron chi connectivity index (χ1n) is 2.97. The Balaban J connectivity index is 2.62. The van der Waals surface area contributed by atoms with Crippen molar-refractivity contribution in [3.05, 3.63) is 23.6 Å². The van der Waals surface area contributed by atoms with E-state index >= 15 is 0 Å². The molecule has 0 aromatic heterocycles. The highest BCUT2D eigenvalue weighted by atomic mass is 19.1. The van der Waals surface area contributed by atoms with Gasteiger partial charge in [0, 0.05) is 12.0 Å². The quantitative estimate of drug-likeness (QED) is 0.604. The van der Waals surface area contributed by atoms with E-state index in [1.807, 2.05) is 0 Å². The van der Waals surface area contributed by atoms with Gasteiger partial charge in [-0.25, -0.2) is 9.18 Å². The van der Waals surface area contributed by atoms with E-state index < -0.39 is 5.97 Å². The van der Waals surface area contributed by atoms with Gasteiger partial charge in [0.25, 0.3) is 0 Å².